The van der Waals surface area contributed by atoms with Crippen LogP contribution in [0.5, 0.6) is 0 Å². The van der Waals surface area contributed by atoms with E-state index in [1.165, 1.54) is 12.5 Å². The maximum absolute atomic E-state index is 12.2. The number of benzene rings is 1. The Labute approximate surface area is 119 Å². The normalized spacial score (nSPS) is 18.4. The molecule has 1 aromatic carbocycles. The summed E-state index contributed by atoms with van der Waals surface area (Å²) in [5, 5.41) is 18.6. The van der Waals surface area contributed by atoms with Crippen LogP contribution in [0.1, 0.15) is 30.9 Å². The van der Waals surface area contributed by atoms with Crippen molar-refractivity contribution in [3.63, 3.8) is 0 Å². The molecular formula is C14H21NO4S. The standard InChI is InChI=1S/C14H21NO4S/c1-14(17,10-16)9-15-20(18,19)13-7-6-11-4-2-3-5-12(11)8-13/h6-8,15-17H,2-5,9-10H2,1H3. The maximum atomic E-state index is 12.2. The number of sulfonamides is 1. The molecule has 1 aliphatic rings. The predicted molar refractivity (Wildman–Crippen MR) is 76.0 cm³/mol. The zero-order valence-corrected chi connectivity index (χ0v) is 12.4. The molecule has 0 aromatic heterocycles. The lowest BCUT2D eigenvalue weighted by atomic mass is 9.92. The summed E-state index contributed by atoms with van der Waals surface area (Å²) in [6.45, 7) is 0.658. The zero-order valence-electron chi connectivity index (χ0n) is 11.6. The van der Waals surface area contributed by atoms with Gasteiger partial charge < -0.3 is 10.2 Å². The maximum Gasteiger partial charge on any atom is 0.240 e. The van der Waals surface area contributed by atoms with Gasteiger partial charge in [-0.2, -0.15) is 0 Å². The first-order valence-corrected chi connectivity index (χ1v) is 8.27. The lowest BCUT2D eigenvalue weighted by Crippen LogP contribution is -2.43. The Morgan fingerprint density at radius 2 is 1.90 bits per heavy atom. The summed E-state index contributed by atoms with van der Waals surface area (Å²) in [7, 11) is -3.66. The number of aliphatic hydroxyl groups is 2. The van der Waals surface area contributed by atoms with Crippen LogP contribution in [0.25, 0.3) is 0 Å². The molecule has 0 amide bonds. The zero-order chi connectivity index (χ0) is 14.8. The van der Waals surface area contributed by atoms with Crippen LogP contribution in [-0.4, -0.2) is 37.4 Å². The molecule has 1 atom stereocenters. The highest BCUT2D eigenvalue weighted by atomic mass is 32.2. The summed E-state index contributed by atoms with van der Waals surface area (Å²) < 4.78 is 26.7. The molecule has 0 radical (unpaired) electrons. The fourth-order valence-electron chi connectivity index (χ4n) is 2.27. The molecule has 1 aromatic rings. The first-order chi connectivity index (χ1) is 9.34. The number of hydrogen-bond donors (Lipinski definition) is 3. The molecule has 0 aliphatic heterocycles. The van der Waals surface area contributed by atoms with E-state index in [0.717, 1.165) is 31.2 Å². The van der Waals surface area contributed by atoms with Crippen molar-refractivity contribution in [2.75, 3.05) is 13.2 Å². The van der Waals surface area contributed by atoms with Crippen molar-refractivity contribution in [3.05, 3.63) is 29.3 Å². The Bertz CT molecular complexity index is 581. The first kappa shape index (κ1) is 15.4. The molecule has 112 valence electrons. The highest BCUT2D eigenvalue weighted by Crippen LogP contribution is 2.24. The van der Waals surface area contributed by atoms with Crippen molar-refractivity contribution in [2.24, 2.45) is 0 Å². The molecular weight excluding hydrogens is 278 g/mol. The van der Waals surface area contributed by atoms with Crippen molar-refractivity contribution >= 4 is 10.0 Å². The third kappa shape index (κ3) is 3.58. The van der Waals surface area contributed by atoms with Crippen LogP contribution in [-0.2, 0) is 22.9 Å². The third-order valence-electron chi connectivity index (χ3n) is 3.61. The molecule has 0 saturated carbocycles. The second kappa shape index (κ2) is 5.81. The number of hydrogen-bond acceptors (Lipinski definition) is 4. The molecule has 6 heteroatoms. The van der Waals surface area contributed by atoms with Crippen LogP contribution in [0.4, 0.5) is 0 Å². The van der Waals surface area contributed by atoms with Gasteiger partial charge in [0.25, 0.3) is 0 Å². The van der Waals surface area contributed by atoms with Gasteiger partial charge in [-0.05, 0) is 55.9 Å². The fourth-order valence-corrected chi connectivity index (χ4v) is 3.48. The van der Waals surface area contributed by atoms with Crippen molar-refractivity contribution in [1.29, 1.82) is 0 Å². The van der Waals surface area contributed by atoms with Gasteiger partial charge in [-0.25, -0.2) is 13.1 Å². The molecule has 1 aliphatic carbocycles. The van der Waals surface area contributed by atoms with Gasteiger partial charge >= 0.3 is 0 Å². The highest BCUT2D eigenvalue weighted by molar-refractivity contribution is 7.89. The van der Waals surface area contributed by atoms with Gasteiger partial charge in [0.15, 0.2) is 0 Å². The van der Waals surface area contributed by atoms with Gasteiger partial charge in [-0.1, -0.05) is 6.07 Å². The number of aryl methyl sites for hydroxylation is 2. The number of rotatable bonds is 5. The van der Waals surface area contributed by atoms with E-state index in [9.17, 15) is 13.5 Å². The van der Waals surface area contributed by atoms with Crippen molar-refractivity contribution in [3.8, 4) is 0 Å². The van der Waals surface area contributed by atoms with Gasteiger partial charge in [0.05, 0.1) is 17.1 Å². The summed E-state index contributed by atoms with van der Waals surface area (Å²) in [6.07, 6.45) is 4.15. The lowest BCUT2D eigenvalue weighted by molar-refractivity contribution is 0.00681. The van der Waals surface area contributed by atoms with E-state index < -0.39 is 22.2 Å². The molecule has 0 fully saturated rings. The number of fused-ring (bicyclic) bond motifs is 1. The van der Waals surface area contributed by atoms with E-state index in [1.807, 2.05) is 6.07 Å². The molecule has 5 nitrogen and oxygen atoms in total. The summed E-state index contributed by atoms with van der Waals surface area (Å²) in [4.78, 5) is 0.215. The largest absolute Gasteiger partial charge is 0.393 e. The molecule has 0 saturated heterocycles. The van der Waals surface area contributed by atoms with Crippen LogP contribution in [0.2, 0.25) is 0 Å². The van der Waals surface area contributed by atoms with Gasteiger partial charge in [0, 0.05) is 6.54 Å². The van der Waals surface area contributed by atoms with Gasteiger partial charge in [-0.3, -0.25) is 0 Å². The minimum absolute atomic E-state index is 0.215. The molecule has 0 heterocycles. The van der Waals surface area contributed by atoms with Crippen LogP contribution in [0.15, 0.2) is 23.1 Å². The van der Waals surface area contributed by atoms with E-state index in [1.54, 1.807) is 12.1 Å². The van der Waals surface area contributed by atoms with E-state index in [-0.39, 0.29) is 11.4 Å². The number of aliphatic hydroxyl groups excluding tert-OH is 1. The topological polar surface area (TPSA) is 86.6 Å². The Morgan fingerprint density at radius 3 is 2.55 bits per heavy atom. The lowest BCUT2D eigenvalue weighted by Gasteiger charge is -2.21. The van der Waals surface area contributed by atoms with Crippen LogP contribution in [0.3, 0.4) is 0 Å². The summed E-state index contributed by atoms with van der Waals surface area (Å²) in [5.74, 6) is 0. The van der Waals surface area contributed by atoms with Crippen molar-refractivity contribution in [2.45, 2.75) is 43.1 Å². The number of nitrogens with one attached hydrogen (secondary N) is 1. The van der Waals surface area contributed by atoms with Crippen LogP contribution < -0.4 is 4.72 Å². The minimum Gasteiger partial charge on any atom is -0.393 e. The summed E-state index contributed by atoms with van der Waals surface area (Å²) in [6, 6.07) is 5.18. The molecule has 1 unspecified atom stereocenters. The molecule has 20 heavy (non-hydrogen) atoms. The second-order valence-electron chi connectivity index (χ2n) is 5.62. The van der Waals surface area contributed by atoms with Crippen molar-refractivity contribution in [1.82, 2.24) is 4.72 Å². The van der Waals surface area contributed by atoms with Gasteiger partial charge in [-0.15, -0.1) is 0 Å². The van der Waals surface area contributed by atoms with E-state index in [2.05, 4.69) is 4.72 Å². The van der Waals surface area contributed by atoms with Crippen molar-refractivity contribution < 1.29 is 18.6 Å². The summed E-state index contributed by atoms with van der Waals surface area (Å²) >= 11 is 0. The van der Waals surface area contributed by atoms with Gasteiger partial charge in [0.2, 0.25) is 10.0 Å². The fraction of sp³-hybridized carbons (Fsp3) is 0.571. The smallest absolute Gasteiger partial charge is 0.240 e. The van der Waals surface area contributed by atoms with E-state index in [0.29, 0.717) is 0 Å². The van der Waals surface area contributed by atoms with Crippen LogP contribution in [0, 0.1) is 0 Å². The van der Waals surface area contributed by atoms with E-state index >= 15 is 0 Å². The molecule has 3 N–H and O–H groups in total. The average molecular weight is 299 g/mol. The SMILES string of the molecule is CC(O)(CO)CNS(=O)(=O)c1ccc2c(c1)CCCC2. The monoisotopic (exact) mass is 299 g/mol. The Kier molecular flexibility index (Phi) is 4.49. The highest BCUT2D eigenvalue weighted by Gasteiger charge is 2.24. The molecule has 2 rings (SSSR count). The second-order valence-corrected chi connectivity index (χ2v) is 7.38. The van der Waals surface area contributed by atoms with E-state index in [4.69, 9.17) is 5.11 Å². The molecule has 0 spiro atoms. The third-order valence-corrected chi connectivity index (χ3v) is 5.01. The Balaban J connectivity index is 2.17. The predicted octanol–water partition coefficient (Wildman–Crippen LogP) is 0.587. The molecule has 0 bridgehead atoms. The van der Waals surface area contributed by atoms with Gasteiger partial charge in [0.1, 0.15) is 0 Å². The Hall–Kier alpha value is -0.950. The average Bonchev–Trinajstić information content (AvgIpc) is 2.45. The summed E-state index contributed by atoms with van der Waals surface area (Å²) in [5.41, 5.74) is 0.854. The first-order valence-electron chi connectivity index (χ1n) is 6.79. The Morgan fingerprint density at radius 1 is 1.25 bits per heavy atom. The minimum atomic E-state index is -3.66. The quantitative estimate of drug-likeness (QED) is 0.742. The van der Waals surface area contributed by atoms with Crippen LogP contribution >= 0.6 is 0 Å².